The van der Waals surface area contributed by atoms with Crippen molar-refractivity contribution in [1.29, 1.82) is 0 Å². The fraction of sp³-hybridized carbons (Fsp3) is 0.278. The normalized spacial score (nSPS) is 11.9. The molecule has 3 nitrogen and oxygen atoms in total. The first-order valence-corrected chi connectivity index (χ1v) is 7.15. The van der Waals surface area contributed by atoms with E-state index < -0.39 is 0 Å². The average Bonchev–Trinajstić information content (AvgIpc) is 2.54. The van der Waals surface area contributed by atoms with E-state index in [9.17, 15) is 9.90 Å². The molecule has 1 amide bonds. The van der Waals surface area contributed by atoms with Crippen LogP contribution in [-0.2, 0) is 17.6 Å². The van der Waals surface area contributed by atoms with E-state index in [1.807, 2.05) is 60.7 Å². The number of hydrogen-bond acceptors (Lipinski definition) is 2. The van der Waals surface area contributed by atoms with Crippen molar-refractivity contribution < 1.29 is 9.90 Å². The lowest BCUT2D eigenvalue weighted by Gasteiger charge is -2.27. The molecule has 2 aromatic rings. The molecule has 0 bridgehead atoms. The number of amides is 1. The summed E-state index contributed by atoms with van der Waals surface area (Å²) in [6.07, 6.45) is 1.02. The molecule has 1 N–H and O–H groups in total. The van der Waals surface area contributed by atoms with Crippen LogP contribution in [0.4, 0.5) is 0 Å². The van der Waals surface area contributed by atoms with Gasteiger partial charge in [-0.25, -0.2) is 0 Å². The highest BCUT2D eigenvalue weighted by Crippen LogP contribution is 2.10. The Morgan fingerprint density at radius 2 is 1.52 bits per heavy atom. The number of aliphatic hydroxyl groups excluding tert-OH is 1. The smallest absolute Gasteiger partial charge is 0.227 e. The van der Waals surface area contributed by atoms with E-state index in [0.29, 0.717) is 12.8 Å². The summed E-state index contributed by atoms with van der Waals surface area (Å²) in [6, 6.07) is 19.4. The van der Waals surface area contributed by atoms with Crippen LogP contribution in [0.5, 0.6) is 0 Å². The predicted molar refractivity (Wildman–Crippen MR) is 83.9 cm³/mol. The first-order chi connectivity index (χ1) is 10.2. The lowest BCUT2D eigenvalue weighted by molar-refractivity contribution is -0.132. The van der Waals surface area contributed by atoms with Crippen molar-refractivity contribution in [2.24, 2.45) is 0 Å². The van der Waals surface area contributed by atoms with Crippen molar-refractivity contribution in [3.8, 4) is 0 Å². The summed E-state index contributed by atoms with van der Waals surface area (Å²) in [4.78, 5) is 14.0. The van der Waals surface area contributed by atoms with Gasteiger partial charge in [-0.15, -0.1) is 0 Å². The molecule has 2 aromatic carbocycles. The quantitative estimate of drug-likeness (QED) is 0.883. The molecule has 0 aromatic heterocycles. The maximum Gasteiger partial charge on any atom is 0.227 e. The van der Waals surface area contributed by atoms with Crippen LogP contribution in [0.25, 0.3) is 0 Å². The molecule has 21 heavy (non-hydrogen) atoms. The van der Waals surface area contributed by atoms with E-state index in [1.54, 1.807) is 11.9 Å². The molecule has 0 heterocycles. The summed E-state index contributed by atoms with van der Waals surface area (Å²) >= 11 is 0. The molecule has 0 aliphatic carbocycles. The minimum absolute atomic E-state index is 0.0242. The molecule has 0 saturated carbocycles. The van der Waals surface area contributed by atoms with Gasteiger partial charge in [0.05, 0.1) is 19.1 Å². The number of aliphatic hydroxyl groups is 1. The van der Waals surface area contributed by atoms with Gasteiger partial charge in [0.25, 0.3) is 0 Å². The van der Waals surface area contributed by atoms with Crippen molar-refractivity contribution in [2.75, 3.05) is 13.7 Å². The van der Waals surface area contributed by atoms with Gasteiger partial charge < -0.3 is 10.0 Å². The molecular weight excluding hydrogens is 262 g/mol. The summed E-state index contributed by atoms with van der Waals surface area (Å²) in [5.74, 6) is 0.0242. The van der Waals surface area contributed by atoms with Gasteiger partial charge in [-0.1, -0.05) is 60.7 Å². The summed E-state index contributed by atoms with van der Waals surface area (Å²) in [7, 11) is 1.76. The number of carbonyl (C=O) groups is 1. The molecule has 0 aliphatic heterocycles. The Hall–Kier alpha value is -2.13. The van der Waals surface area contributed by atoms with Crippen LogP contribution in [0.15, 0.2) is 60.7 Å². The minimum Gasteiger partial charge on any atom is -0.394 e. The first kappa shape index (κ1) is 15.3. The zero-order valence-corrected chi connectivity index (χ0v) is 12.3. The second-order valence-electron chi connectivity index (χ2n) is 5.19. The van der Waals surface area contributed by atoms with Gasteiger partial charge in [0.1, 0.15) is 0 Å². The van der Waals surface area contributed by atoms with Crippen LogP contribution in [0.2, 0.25) is 0 Å². The first-order valence-electron chi connectivity index (χ1n) is 7.15. The zero-order valence-electron chi connectivity index (χ0n) is 12.3. The second-order valence-corrected chi connectivity index (χ2v) is 5.19. The molecule has 0 saturated heterocycles. The third-order valence-corrected chi connectivity index (χ3v) is 3.66. The highest BCUT2D eigenvalue weighted by molar-refractivity contribution is 5.78. The van der Waals surface area contributed by atoms with Gasteiger partial charge in [-0.2, -0.15) is 0 Å². The van der Waals surface area contributed by atoms with Crippen molar-refractivity contribution in [3.63, 3.8) is 0 Å². The fourth-order valence-electron chi connectivity index (χ4n) is 2.31. The summed E-state index contributed by atoms with van der Waals surface area (Å²) in [6.45, 7) is -0.0358. The Balaban J connectivity index is 1.99. The van der Waals surface area contributed by atoms with E-state index >= 15 is 0 Å². The fourth-order valence-corrected chi connectivity index (χ4v) is 2.31. The molecule has 0 spiro atoms. The zero-order chi connectivity index (χ0) is 15.1. The van der Waals surface area contributed by atoms with E-state index in [0.717, 1.165) is 11.1 Å². The van der Waals surface area contributed by atoms with E-state index in [2.05, 4.69) is 0 Å². The SMILES string of the molecule is CN(C(=O)Cc1ccccc1)C(CO)Cc1ccccc1. The molecule has 2 rings (SSSR count). The molecular formula is C18H21NO2. The van der Waals surface area contributed by atoms with Crippen LogP contribution in [0, 0.1) is 0 Å². The highest BCUT2D eigenvalue weighted by Gasteiger charge is 2.19. The summed E-state index contributed by atoms with van der Waals surface area (Å²) < 4.78 is 0. The molecule has 110 valence electrons. The van der Waals surface area contributed by atoms with Crippen LogP contribution < -0.4 is 0 Å². The Kier molecular flexibility index (Phi) is 5.52. The Labute approximate surface area is 125 Å². The van der Waals surface area contributed by atoms with Gasteiger partial charge in [0, 0.05) is 7.05 Å². The molecule has 3 heteroatoms. The van der Waals surface area contributed by atoms with Crippen molar-refractivity contribution in [1.82, 2.24) is 4.90 Å². The Morgan fingerprint density at radius 1 is 1.00 bits per heavy atom. The average molecular weight is 283 g/mol. The maximum absolute atomic E-state index is 12.3. The number of carbonyl (C=O) groups excluding carboxylic acids is 1. The van der Waals surface area contributed by atoms with E-state index in [-0.39, 0.29) is 18.6 Å². The molecule has 1 atom stereocenters. The topological polar surface area (TPSA) is 40.5 Å². The predicted octanol–water partition coefficient (Wildman–Crippen LogP) is 2.29. The van der Waals surface area contributed by atoms with Gasteiger partial charge in [-0.05, 0) is 17.5 Å². The summed E-state index contributed by atoms with van der Waals surface area (Å²) in [5.41, 5.74) is 2.11. The maximum atomic E-state index is 12.3. The number of benzene rings is 2. The summed E-state index contributed by atoms with van der Waals surface area (Å²) in [5, 5.41) is 9.58. The second kappa shape index (κ2) is 7.60. The third kappa shape index (κ3) is 4.43. The third-order valence-electron chi connectivity index (χ3n) is 3.66. The van der Waals surface area contributed by atoms with Gasteiger partial charge in [-0.3, -0.25) is 4.79 Å². The lowest BCUT2D eigenvalue weighted by atomic mass is 10.0. The van der Waals surface area contributed by atoms with Crippen LogP contribution in [0.1, 0.15) is 11.1 Å². The molecule has 0 fully saturated rings. The highest BCUT2D eigenvalue weighted by atomic mass is 16.3. The minimum atomic E-state index is -0.191. The van der Waals surface area contributed by atoms with Crippen LogP contribution >= 0.6 is 0 Å². The largest absolute Gasteiger partial charge is 0.394 e. The molecule has 0 aliphatic rings. The van der Waals surface area contributed by atoms with Crippen molar-refractivity contribution in [3.05, 3.63) is 71.8 Å². The molecule has 1 unspecified atom stereocenters. The van der Waals surface area contributed by atoms with Crippen molar-refractivity contribution >= 4 is 5.91 Å². The Bertz CT molecular complexity index is 554. The van der Waals surface area contributed by atoms with Gasteiger partial charge >= 0.3 is 0 Å². The van der Waals surface area contributed by atoms with E-state index in [4.69, 9.17) is 0 Å². The van der Waals surface area contributed by atoms with Gasteiger partial charge in [0.2, 0.25) is 5.91 Å². The van der Waals surface area contributed by atoms with Crippen molar-refractivity contribution in [2.45, 2.75) is 18.9 Å². The monoisotopic (exact) mass is 283 g/mol. The standard InChI is InChI=1S/C18H21NO2/c1-19(18(21)13-16-10-6-3-7-11-16)17(14-20)12-15-8-4-2-5-9-15/h2-11,17,20H,12-14H2,1H3. The van der Waals surface area contributed by atoms with Crippen LogP contribution in [-0.4, -0.2) is 35.6 Å². The number of rotatable bonds is 6. The van der Waals surface area contributed by atoms with Crippen LogP contribution in [0.3, 0.4) is 0 Å². The number of nitrogens with zero attached hydrogens (tertiary/aromatic N) is 1. The van der Waals surface area contributed by atoms with Gasteiger partial charge in [0.15, 0.2) is 0 Å². The lowest BCUT2D eigenvalue weighted by Crippen LogP contribution is -2.41. The number of hydrogen-bond donors (Lipinski definition) is 1. The molecule has 0 radical (unpaired) electrons. The Morgan fingerprint density at radius 3 is 2.05 bits per heavy atom. The van der Waals surface area contributed by atoms with E-state index in [1.165, 1.54) is 0 Å². The number of likely N-dealkylation sites (N-methyl/N-ethyl adjacent to an activating group) is 1.